The predicted octanol–water partition coefficient (Wildman–Crippen LogP) is 4.07. The van der Waals surface area contributed by atoms with E-state index in [4.69, 9.17) is 4.74 Å². The van der Waals surface area contributed by atoms with Crippen LogP contribution in [0.2, 0.25) is 0 Å². The second-order valence-electron chi connectivity index (χ2n) is 6.06. The first kappa shape index (κ1) is 15.5. The first-order valence-electron chi connectivity index (χ1n) is 7.76. The van der Waals surface area contributed by atoms with Crippen molar-refractivity contribution in [2.24, 2.45) is 5.92 Å². The Bertz CT molecular complexity index is 402. The molecule has 2 nitrogen and oxygen atoms in total. The highest BCUT2D eigenvalue weighted by molar-refractivity contribution is 5.20. The molecule has 0 heterocycles. The Morgan fingerprint density at radius 2 is 1.95 bits per heavy atom. The fourth-order valence-corrected chi connectivity index (χ4v) is 2.77. The summed E-state index contributed by atoms with van der Waals surface area (Å²) >= 11 is 0. The largest absolute Gasteiger partial charge is 0.372 e. The molecule has 0 radical (unpaired) electrons. The molecule has 0 bridgehead atoms. The van der Waals surface area contributed by atoms with Gasteiger partial charge in [0.1, 0.15) is 5.82 Å². The van der Waals surface area contributed by atoms with Gasteiger partial charge < -0.3 is 10.1 Å². The molecule has 0 spiro atoms. The Morgan fingerprint density at radius 3 is 2.60 bits per heavy atom. The lowest BCUT2D eigenvalue weighted by atomic mass is 10.1. The van der Waals surface area contributed by atoms with Crippen LogP contribution in [0.4, 0.5) is 4.39 Å². The van der Waals surface area contributed by atoms with Crippen molar-refractivity contribution in [1.29, 1.82) is 0 Å². The third-order valence-corrected chi connectivity index (χ3v) is 3.97. The van der Waals surface area contributed by atoms with E-state index >= 15 is 0 Å². The van der Waals surface area contributed by atoms with Gasteiger partial charge in [-0.3, -0.25) is 0 Å². The highest BCUT2D eigenvalue weighted by atomic mass is 19.1. The molecule has 1 aliphatic rings. The minimum Gasteiger partial charge on any atom is -0.372 e. The minimum atomic E-state index is -0.195. The van der Waals surface area contributed by atoms with Crippen LogP contribution in [-0.2, 0) is 4.74 Å². The number of hydrogen-bond acceptors (Lipinski definition) is 2. The van der Waals surface area contributed by atoms with Gasteiger partial charge in [0.2, 0.25) is 0 Å². The minimum absolute atomic E-state index is 0.172. The van der Waals surface area contributed by atoms with Gasteiger partial charge in [-0.25, -0.2) is 4.39 Å². The number of ether oxygens (including phenoxy) is 1. The van der Waals surface area contributed by atoms with Gasteiger partial charge in [-0.05, 0) is 24.8 Å². The molecule has 0 saturated heterocycles. The molecule has 1 aromatic carbocycles. The molecule has 3 heteroatoms. The number of rotatable bonds is 7. The van der Waals surface area contributed by atoms with E-state index in [1.807, 2.05) is 12.1 Å². The predicted molar refractivity (Wildman–Crippen MR) is 80.2 cm³/mol. The Kier molecular flexibility index (Phi) is 5.99. The number of nitrogens with one attached hydrogen (secondary N) is 1. The summed E-state index contributed by atoms with van der Waals surface area (Å²) in [5.41, 5.74) is 0.665. The SMILES string of the molecule is CC(C)NCC(OCC1CCCC1)c1ccccc1F. The van der Waals surface area contributed by atoms with Gasteiger partial charge in [0.15, 0.2) is 0 Å². The Hall–Kier alpha value is -0.930. The van der Waals surface area contributed by atoms with Crippen LogP contribution in [0, 0.1) is 11.7 Å². The van der Waals surface area contributed by atoms with Crippen LogP contribution in [-0.4, -0.2) is 19.2 Å². The first-order chi connectivity index (χ1) is 9.66. The van der Waals surface area contributed by atoms with E-state index in [0.717, 1.165) is 6.61 Å². The molecule has 1 fully saturated rings. The maximum Gasteiger partial charge on any atom is 0.129 e. The standard InChI is InChI=1S/C17H26FNO/c1-13(2)19-11-17(15-9-5-6-10-16(15)18)20-12-14-7-3-4-8-14/h5-6,9-10,13-14,17,19H,3-4,7-8,11-12H2,1-2H3. The van der Waals surface area contributed by atoms with E-state index in [2.05, 4.69) is 19.2 Å². The summed E-state index contributed by atoms with van der Waals surface area (Å²) < 4.78 is 20.0. The molecule has 1 atom stereocenters. The number of hydrogen-bond donors (Lipinski definition) is 1. The molecule has 1 unspecified atom stereocenters. The lowest BCUT2D eigenvalue weighted by Gasteiger charge is -2.22. The molecule has 0 amide bonds. The molecule has 1 saturated carbocycles. The molecule has 1 N–H and O–H groups in total. The van der Waals surface area contributed by atoms with Crippen molar-refractivity contribution in [3.8, 4) is 0 Å². The maximum absolute atomic E-state index is 14.0. The summed E-state index contributed by atoms with van der Waals surface area (Å²) in [6.07, 6.45) is 4.92. The zero-order chi connectivity index (χ0) is 14.4. The summed E-state index contributed by atoms with van der Waals surface area (Å²) in [4.78, 5) is 0. The molecule has 2 rings (SSSR count). The average Bonchev–Trinajstić information content (AvgIpc) is 2.93. The molecule has 1 aliphatic carbocycles. The lowest BCUT2D eigenvalue weighted by molar-refractivity contribution is 0.0264. The third kappa shape index (κ3) is 4.57. The number of halogens is 1. The molecule has 1 aromatic rings. The van der Waals surface area contributed by atoms with Gasteiger partial charge in [0, 0.05) is 18.2 Å². The van der Waals surface area contributed by atoms with Gasteiger partial charge in [-0.1, -0.05) is 44.9 Å². The van der Waals surface area contributed by atoms with Gasteiger partial charge >= 0.3 is 0 Å². The van der Waals surface area contributed by atoms with Crippen molar-refractivity contribution >= 4 is 0 Å². The molecule has 20 heavy (non-hydrogen) atoms. The van der Waals surface area contributed by atoms with E-state index in [1.54, 1.807) is 6.07 Å². The summed E-state index contributed by atoms with van der Waals surface area (Å²) in [5, 5.41) is 3.36. The highest BCUT2D eigenvalue weighted by Gasteiger charge is 2.20. The smallest absolute Gasteiger partial charge is 0.129 e. The van der Waals surface area contributed by atoms with E-state index in [9.17, 15) is 4.39 Å². The average molecular weight is 279 g/mol. The summed E-state index contributed by atoms with van der Waals surface area (Å²) in [6, 6.07) is 7.31. The van der Waals surface area contributed by atoms with Gasteiger partial charge in [0.05, 0.1) is 12.7 Å². The van der Waals surface area contributed by atoms with Crippen LogP contribution >= 0.6 is 0 Å². The Labute approximate surface area is 121 Å². The zero-order valence-electron chi connectivity index (χ0n) is 12.6. The van der Waals surface area contributed by atoms with Crippen LogP contribution in [0.5, 0.6) is 0 Å². The van der Waals surface area contributed by atoms with Gasteiger partial charge in [0.25, 0.3) is 0 Å². The third-order valence-electron chi connectivity index (χ3n) is 3.97. The molecule has 112 valence electrons. The quantitative estimate of drug-likeness (QED) is 0.812. The first-order valence-corrected chi connectivity index (χ1v) is 7.76. The topological polar surface area (TPSA) is 21.3 Å². The monoisotopic (exact) mass is 279 g/mol. The van der Waals surface area contributed by atoms with E-state index in [1.165, 1.54) is 31.7 Å². The van der Waals surface area contributed by atoms with E-state index in [0.29, 0.717) is 24.1 Å². The fraction of sp³-hybridized carbons (Fsp3) is 0.647. The second kappa shape index (κ2) is 7.75. The lowest BCUT2D eigenvalue weighted by Crippen LogP contribution is -2.30. The van der Waals surface area contributed by atoms with Crippen molar-refractivity contribution in [2.75, 3.05) is 13.2 Å². The van der Waals surface area contributed by atoms with Crippen LogP contribution in [0.15, 0.2) is 24.3 Å². The van der Waals surface area contributed by atoms with Crippen molar-refractivity contribution in [1.82, 2.24) is 5.32 Å². The highest BCUT2D eigenvalue weighted by Crippen LogP contribution is 2.28. The normalized spacial score (nSPS) is 17.8. The Balaban J connectivity index is 1.97. The van der Waals surface area contributed by atoms with Crippen molar-refractivity contribution in [3.63, 3.8) is 0 Å². The summed E-state index contributed by atoms with van der Waals surface area (Å²) in [5.74, 6) is 0.484. The molecular weight excluding hydrogens is 253 g/mol. The molecule has 0 aromatic heterocycles. The van der Waals surface area contributed by atoms with Crippen molar-refractivity contribution in [3.05, 3.63) is 35.6 Å². The fourth-order valence-electron chi connectivity index (χ4n) is 2.77. The summed E-state index contributed by atoms with van der Waals surface area (Å²) in [6.45, 7) is 5.59. The van der Waals surface area contributed by atoms with Gasteiger partial charge in [-0.15, -0.1) is 0 Å². The maximum atomic E-state index is 14.0. The second-order valence-corrected chi connectivity index (χ2v) is 6.06. The summed E-state index contributed by atoms with van der Waals surface area (Å²) in [7, 11) is 0. The van der Waals surface area contributed by atoms with E-state index in [-0.39, 0.29) is 11.9 Å². The van der Waals surface area contributed by atoms with E-state index < -0.39 is 0 Å². The van der Waals surface area contributed by atoms with Crippen molar-refractivity contribution < 1.29 is 9.13 Å². The van der Waals surface area contributed by atoms with Crippen molar-refractivity contribution in [2.45, 2.75) is 51.7 Å². The van der Waals surface area contributed by atoms with Crippen LogP contribution in [0.1, 0.15) is 51.2 Å². The Morgan fingerprint density at radius 1 is 1.25 bits per heavy atom. The van der Waals surface area contributed by atoms with Gasteiger partial charge in [-0.2, -0.15) is 0 Å². The van der Waals surface area contributed by atoms with Crippen LogP contribution in [0.25, 0.3) is 0 Å². The van der Waals surface area contributed by atoms with Crippen LogP contribution in [0.3, 0.4) is 0 Å². The van der Waals surface area contributed by atoms with Crippen LogP contribution < -0.4 is 5.32 Å². The molecule has 0 aliphatic heterocycles. The number of benzene rings is 1. The zero-order valence-corrected chi connectivity index (χ0v) is 12.6. The molecular formula is C17H26FNO.